The third-order valence-corrected chi connectivity index (χ3v) is 5.38. The minimum atomic E-state index is -4.62. The van der Waals surface area contributed by atoms with E-state index in [1.165, 1.54) is 6.33 Å². The molecule has 3 rings (SSSR count). The van der Waals surface area contributed by atoms with Crippen LogP contribution in [0.1, 0.15) is 11.4 Å². The lowest BCUT2D eigenvalue weighted by Gasteiger charge is -2.11. The lowest BCUT2D eigenvalue weighted by Crippen LogP contribution is -2.29. The second-order valence-corrected chi connectivity index (χ2v) is 7.72. The van der Waals surface area contributed by atoms with Crippen LogP contribution < -0.4 is 10.0 Å². The van der Waals surface area contributed by atoms with E-state index >= 15 is 0 Å². The normalized spacial score (nSPS) is 12.1. The largest absolute Gasteiger partial charge is 0.416 e. The number of hydrogen-bond acceptors (Lipinski definition) is 6. The van der Waals surface area contributed by atoms with E-state index in [1.807, 2.05) is 6.92 Å². The summed E-state index contributed by atoms with van der Waals surface area (Å²) >= 11 is 0. The highest BCUT2D eigenvalue weighted by molar-refractivity contribution is 7.89. The Balaban J connectivity index is 1.60. The van der Waals surface area contributed by atoms with Crippen LogP contribution in [0.25, 0.3) is 5.82 Å². The lowest BCUT2D eigenvalue weighted by atomic mass is 10.2. The fourth-order valence-corrected chi connectivity index (χ4v) is 3.57. The van der Waals surface area contributed by atoms with Gasteiger partial charge in [-0.05, 0) is 25.1 Å². The molecule has 0 spiro atoms. The average Bonchev–Trinajstić information content (AvgIpc) is 3.11. The Labute approximate surface area is 164 Å². The summed E-state index contributed by atoms with van der Waals surface area (Å²) in [6, 6.07) is 5.23. The van der Waals surface area contributed by atoms with Gasteiger partial charge in [0.25, 0.3) is 0 Å². The van der Waals surface area contributed by atoms with Gasteiger partial charge in [0.05, 0.1) is 10.5 Å². The number of alkyl halides is 3. The number of nitrogens with one attached hydrogen (secondary N) is 2. The summed E-state index contributed by atoms with van der Waals surface area (Å²) < 4.78 is 66.8. The van der Waals surface area contributed by atoms with E-state index in [4.69, 9.17) is 0 Å². The molecule has 0 radical (unpaired) electrons. The molecule has 0 bridgehead atoms. The molecule has 3 aromatic rings. The predicted octanol–water partition coefficient (Wildman–Crippen LogP) is 2.38. The summed E-state index contributed by atoms with van der Waals surface area (Å²) in [7, 11) is -4.08. The molecule has 29 heavy (non-hydrogen) atoms. The third-order valence-electron chi connectivity index (χ3n) is 3.92. The van der Waals surface area contributed by atoms with E-state index in [-0.39, 0.29) is 13.1 Å². The maximum Gasteiger partial charge on any atom is 0.416 e. The van der Waals surface area contributed by atoms with Crippen molar-refractivity contribution in [2.45, 2.75) is 18.0 Å². The first-order valence-corrected chi connectivity index (χ1v) is 9.88. The maximum absolute atomic E-state index is 12.8. The van der Waals surface area contributed by atoms with Gasteiger partial charge in [0.1, 0.15) is 23.8 Å². The number of nitrogens with zero attached hydrogens (tertiary/aromatic N) is 4. The standard InChI is InChI=1S/C17H17F3N6O2S/c1-12-21-7-8-26(12)16-10-15(23-11-24-16)22-5-6-25-29(27,28)14-4-2-3-13(9-14)17(18,19)20/h2-4,7-11,25H,5-6H2,1H3,(H,22,23,24). The van der Waals surface area contributed by atoms with Gasteiger partial charge in [-0.2, -0.15) is 13.2 Å². The van der Waals surface area contributed by atoms with Gasteiger partial charge in [-0.25, -0.2) is 28.1 Å². The molecule has 12 heteroatoms. The number of hydrogen-bond donors (Lipinski definition) is 2. The molecular weight excluding hydrogens is 409 g/mol. The number of benzene rings is 1. The average molecular weight is 426 g/mol. The molecule has 0 aliphatic rings. The van der Waals surface area contributed by atoms with Crippen molar-refractivity contribution in [2.75, 3.05) is 18.4 Å². The van der Waals surface area contributed by atoms with Gasteiger partial charge < -0.3 is 5.32 Å². The van der Waals surface area contributed by atoms with Crippen molar-refractivity contribution < 1.29 is 21.6 Å². The first kappa shape index (κ1) is 20.7. The molecule has 2 aromatic heterocycles. The van der Waals surface area contributed by atoms with Crippen molar-refractivity contribution >= 4 is 15.8 Å². The predicted molar refractivity (Wildman–Crippen MR) is 99.0 cm³/mol. The summed E-state index contributed by atoms with van der Waals surface area (Å²) in [4.78, 5) is 11.9. The zero-order valence-electron chi connectivity index (χ0n) is 15.2. The van der Waals surface area contributed by atoms with Crippen molar-refractivity contribution in [3.05, 3.63) is 60.4 Å². The van der Waals surface area contributed by atoms with Gasteiger partial charge in [-0.15, -0.1) is 0 Å². The van der Waals surface area contributed by atoms with E-state index in [0.717, 1.165) is 24.0 Å². The fraction of sp³-hybridized carbons (Fsp3) is 0.235. The van der Waals surface area contributed by atoms with Gasteiger partial charge in [-0.3, -0.25) is 4.57 Å². The van der Waals surface area contributed by atoms with Crippen LogP contribution in [0, 0.1) is 6.92 Å². The smallest absolute Gasteiger partial charge is 0.369 e. The second kappa shape index (κ2) is 8.17. The second-order valence-electron chi connectivity index (χ2n) is 5.96. The van der Waals surface area contributed by atoms with Crippen molar-refractivity contribution in [1.29, 1.82) is 0 Å². The molecule has 0 amide bonds. The van der Waals surface area contributed by atoms with Crippen molar-refractivity contribution in [3.8, 4) is 5.82 Å². The summed E-state index contributed by atoms with van der Waals surface area (Å²) in [6.07, 6.45) is 0.104. The number of aromatic nitrogens is 4. The summed E-state index contributed by atoms with van der Waals surface area (Å²) in [5.41, 5.74) is -1.03. The molecule has 0 atom stereocenters. The molecule has 154 valence electrons. The number of imidazole rings is 1. The molecule has 0 saturated carbocycles. The van der Waals surface area contributed by atoms with E-state index in [9.17, 15) is 21.6 Å². The monoisotopic (exact) mass is 426 g/mol. The molecule has 1 aromatic carbocycles. The van der Waals surface area contributed by atoms with Crippen LogP contribution in [-0.4, -0.2) is 41.0 Å². The minimum absolute atomic E-state index is 0.0536. The van der Waals surface area contributed by atoms with E-state index in [1.54, 1.807) is 23.0 Å². The maximum atomic E-state index is 12.8. The summed E-state index contributed by atoms with van der Waals surface area (Å²) in [6.45, 7) is 1.93. The van der Waals surface area contributed by atoms with Gasteiger partial charge in [0.15, 0.2) is 0 Å². The Kier molecular flexibility index (Phi) is 5.84. The highest BCUT2D eigenvalue weighted by Gasteiger charge is 2.31. The molecule has 2 heterocycles. The zero-order chi connectivity index (χ0) is 21.1. The van der Waals surface area contributed by atoms with E-state index < -0.39 is 26.7 Å². The Hall–Kier alpha value is -2.99. The van der Waals surface area contributed by atoms with Crippen molar-refractivity contribution in [2.24, 2.45) is 0 Å². The van der Waals surface area contributed by atoms with Crippen LogP contribution in [0.3, 0.4) is 0 Å². The zero-order valence-corrected chi connectivity index (χ0v) is 16.0. The molecule has 8 nitrogen and oxygen atoms in total. The number of aryl methyl sites for hydroxylation is 1. The number of anilines is 1. The van der Waals surface area contributed by atoms with E-state index in [2.05, 4.69) is 25.0 Å². The van der Waals surface area contributed by atoms with Crippen LogP contribution in [0.2, 0.25) is 0 Å². The highest BCUT2D eigenvalue weighted by Crippen LogP contribution is 2.30. The van der Waals surface area contributed by atoms with Crippen LogP contribution in [-0.2, 0) is 16.2 Å². The molecule has 0 unspecified atom stereocenters. The van der Waals surface area contributed by atoms with Gasteiger partial charge in [-0.1, -0.05) is 6.07 Å². The number of halogens is 3. The first-order valence-electron chi connectivity index (χ1n) is 8.40. The quantitative estimate of drug-likeness (QED) is 0.563. The minimum Gasteiger partial charge on any atom is -0.369 e. The Morgan fingerprint density at radius 2 is 1.90 bits per heavy atom. The van der Waals surface area contributed by atoms with Crippen LogP contribution >= 0.6 is 0 Å². The third kappa shape index (κ3) is 5.09. The van der Waals surface area contributed by atoms with Gasteiger partial charge >= 0.3 is 6.18 Å². The van der Waals surface area contributed by atoms with E-state index in [0.29, 0.717) is 17.7 Å². The molecule has 0 aliphatic heterocycles. The van der Waals surface area contributed by atoms with Crippen LogP contribution in [0.5, 0.6) is 0 Å². The Morgan fingerprint density at radius 3 is 2.59 bits per heavy atom. The lowest BCUT2D eigenvalue weighted by molar-refractivity contribution is -0.137. The molecule has 0 fully saturated rings. The first-order chi connectivity index (χ1) is 13.7. The van der Waals surface area contributed by atoms with Gasteiger partial charge in [0.2, 0.25) is 10.0 Å². The van der Waals surface area contributed by atoms with Crippen LogP contribution in [0.4, 0.5) is 19.0 Å². The molecular formula is C17H17F3N6O2S. The molecule has 0 saturated heterocycles. The van der Waals surface area contributed by atoms with Crippen molar-refractivity contribution in [3.63, 3.8) is 0 Å². The SMILES string of the molecule is Cc1nccn1-c1cc(NCCNS(=O)(=O)c2cccc(C(F)(F)F)c2)ncn1. The topological polar surface area (TPSA) is 102 Å². The van der Waals surface area contributed by atoms with Crippen LogP contribution in [0.15, 0.2) is 53.9 Å². The Bertz CT molecular complexity index is 1100. The fourth-order valence-electron chi connectivity index (χ4n) is 2.49. The molecule has 0 aliphatic carbocycles. The molecule has 2 N–H and O–H groups in total. The highest BCUT2D eigenvalue weighted by atomic mass is 32.2. The number of rotatable bonds is 7. The van der Waals surface area contributed by atoms with Crippen molar-refractivity contribution in [1.82, 2.24) is 24.2 Å². The summed E-state index contributed by atoms with van der Waals surface area (Å²) in [5, 5.41) is 2.93. The summed E-state index contributed by atoms with van der Waals surface area (Å²) in [5.74, 6) is 1.78. The number of sulfonamides is 1. The van der Waals surface area contributed by atoms with Gasteiger partial charge in [0, 0.05) is 31.5 Å². The Morgan fingerprint density at radius 1 is 1.10 bits per heavy atom.